The second kappa shape index (κ2) is 3.98. The minimum Gasteiger partial charge on any atom is -0.358 e. The first-order chi connectivity index (χ1) is 8.59. The Bertz CT molecular complexity index is 617. The van der Waals surface area contributed by atoms with E-state index in [4.69, 9.17) is 0 Å². The van der Waals surface area contributed by atoms with E-state index in [0.717, 1.165) is 35.0 Å². The van der Waals surface area contributed by atoms with Crippen molar-refractivity contribution >= 4 is 16.7 Å². The Morgan fingerprint density at radius 2 is 2.06 bits per heavy atom. The van der Waals surface area contributed by atoms with Crippen molar-refractivity contribution in [3.63, 3.8) is 0 Å². The number of aromatic nitrogens is 1. The number of carbonyl (C=O) groups is 1. The van der Waals surface area contributed by atoms with Crippen molar-refractivity contribution in [3.05, 3.63) is 35.0 Å². The topological polar surface area (TPSA) is 32.9 Å². The molecule has 2 heteroatoms. The lowest BCUT2D eigenvalue weighted by Gasteiger charge is -2.06. The smallest absolute Gasteiger partial charge is 0.168 e. The summed E-state index contributed by atoms with van der Waals surface area (Å²) in [6.45, 7) is 6.39. The fraction of sp³-hybridized carbons (Fsp3) is 0.438. The molecule has 1 N–H and O–H groups in total. The van der Waals surface area contributed by atoms with Gasteiger partial charge in [0.2, 0.25) is 0 Å². The van der Waals surface area contributed by atoms with Crippen LogP contribution in [0.3, 0.4) is 0 Å². The average molecular weight is 241 g/mol. The molecule has 1 aliphatic carbocycles. The summed E-state index contributed by atoms with van der Waals surface area (Å²) in [6, 6.07) is 6.28. The maximum absolute atomic E-state index is 12.4. The fourth-order valence-corrected chi connectivity index (χ4v) is 2.72. The molecule has 2 nitrogen and oxygen atoms in total. The summed E-state index contributed by atoms with van der Waals surface area (Å²) in [5.41, 5.74) is 4.39. The van der Waals surface area contributed by atoms with Gasteiger partial charge in [0.1, 0.15) is 0 Å². The molecule has 0 unspecified atom stereocenters. The lowest BCUT2D eigenvalue weighted by atomic mass is 9.97. The van der Waals surface area contributed by atoms with Crippen LogP contribution in [0.4, 0.5) is 0 Å². The molecular weight excluding hydrogens is 222 g/mol. The number of hydrogen-bond donors (Lipinski definition) is 1. The van der Waals surface area contributed by atoms with Gasteiger partial charge in [-0.05, 0) is 31.2 Å². The number of rotatable bonds is 3. The maximum Gasteiger partial charge on any atom is 0.168 e. The minimum absolute atomic E-state index is 0.283. The van der Waals surface area contributed by atoms with E-state index in [-0.39, 0.29) is 5.92 Å². The number of carbonyl (C=O) groups excluding carboxylic acids is 1. The van der Waals surface area contributed by atoms with Gasteiger partial charge in [-0.3, -0.25) is 4.79 Å². The van der Waals surface area contributed by atoms with E-state index in [2.05, 4.69) is 37.0 Å². The van der Waals surface area contributed by atoms with Gasteiger partial charge >= 0.3 is 0 Å². The monoisotopic (exact) mass is 241 g/mol. The summed E-state index contributed by atoms with van der Waals surface area (Å²) in [6.07, 6.45) is 2.13. The van der Waals surface area contributed by atoms with E-state index in [0.29, 0.717) is 11.7 Å². The van der Waals surface area contributed by atoms with Crippen LogP contribution in [-0.2, 0) is 0 Å². The molecule has 0 saturated heterocycles. The normalized spacial score (nSPS) is 15.6. The van der Waals surface area contributed by atoms with Crippen molar-refractivity contribution in [2.45, 2.75) is 39.5 Å². The molecule has 0 bridgehead atoms. The maximum atomic E-state index is 12.4. The summed E-state index contributed by atoms with van der Waals surface area (Å²) in [5, 5.41) is 1.11. The number of hydrogen-bond acceptors (Lipinski definition) is 1. The van der Waals surface area contributed by atoms with Crippen molar-refractivity contribution in [1.29, 1.82) is 0 Å². The summed E-state index contributed by atoms with van der Waals surface area (Å²) in [5.74, 6) is 1.08. The van der Waals surface area contributed by atoms with Crippen LogP contribution in [0.15, 0.2) is 18.2 Å². The van der Waals surface area contributed by atoms with E-state index >= 15 is 0 Å². The van der Waals surface area contributed by atoms with E-state index < -0.39 is 0 Å². The second-order valence-electron chi connectivity index (χ2n) is 5.69. The molecule has 2 aromatic rings. The largest absolute Gasteiger partial charge is 0.358 e. The van der Waals surface area contributed by atoms with Crippen LogP contribution >= 0.6 is 0 Å². The van der Waals surface area contributed by atoms with Gasteiger partial charge in [-0.1, -0.05) is 32.0 Å². The number of nitrogens with one attached hydrogen (secondary N) is 1. The Morgan fingerprint density at radius 1 is 1.33 bits per heavy atom. The summed E-state index contributed by atoms with van der Waals surface area (Å²) in [4.78, 5) is 15.8. The summed E-state index contributed by atoms with van der Waals surface area (Å²) in [7, 11) is 0. The van der Waals surface area contributed by atoms with Gasteiger partial charge in [0, 0.05) is 28.1 Å². The molecule has 1 aliphatic rings. The average Bonchev–Trinajstić information content (AvgIpc) is 3.10. The number of aryl methyl sites for hydroxylation is 1. The van der Waals surface area contributed by atoms with Crippen LogP contribution in [0, 0.1) is 12.8 Å². The van der Waals surface area contributed by atoms with Gasteiger partial charge in [0.15, 0.2) is 5.78 Å². The first kappa shape index (κ1) is 11.5. The molecule has 3 rings (SSSR count). The first-order valence-electron chi connectivity index (χ1n) is 6.75. The van der Waals surface area contributed by atoms with Crippen molar-refractivity contribution < 1.29 is 4.79 Å². The first-order valence-corrected chi connectivity index (χ1v) is 6.75. The lowest BCUT2D eigenvalue weighted by molar-refractivity contribution is 0.0968. The van der Waals surface area contributed by atoms with Crippen LogP contribution in [0.1, 0.15) is 54.2 Å². The molecule has 1 heterocycles. The molecule has 0 aliphatic heterocycles. The molecule has 1 saturated carbocycles. The molecule has 94 valence electrons. The molecule has 1 aromatic heterocycles. The van der Waals surface area contributed by atoms with Gasteiger partial charge in [0.25, 0.3) is 0 Å². The van der Waals surface area contributed by atoms with Gasteiger partial charge in [-0.15, -0.1) is 0 Å². The predicted octanol–water partition coefficient (Wildman–Crippen LogP) is 4.19. The third-order valence-electron chi connectivity index (χ3n) is 3.87. The second-order valence-corrected chi connectivity index (χ2v) is 5.69. The number of para-hydroxylation sites is 1. The lowest BCUT2D eigenvalue weighted by Crippen LogP contribution is -2.02. The summed E-state index contributed by atoms with van der Waals surface area (Å²) < 4.78 is 0. The Kier molecular flexibility index (Phi) is 2.54. The van der Waals surface area contributed by atoms with Crippen LogP contribution in [-0.4, -0.2) is 10.8 Å². The number of Topliss-reactive ketones (excluding diaryl/α,β-unsaturated/α-hetero) is 1. The molecule has 0 radical (unpaired) electrons. The van der Waals surface area contributed by atoms with E-state index in [1.165, 1.54) is 5.56 Å². The number of H-pyrrole nitrogens is 1. The van der Waals surface area contributed by atoms with Crippen molar-refractivity contribution in [2.75, 3.05) is 0 Å². The quantitative estimate of drug-likeness (QED) is 0.803. The molecule has 1 aromatic carbocycles. The number of ketones is 1. The van der Waals surface area contributed by atoms with Crippen molar-refractivity contribution in [2.24, 2.45) is 5.92 Å². The van der Waals surface area contributed by atoms with Crippen LogP contribution in [0.5, 0.6) is 0 Å². The molecule has 1 fully saturated rings. The number of benzene rings is 1. The third-order valence-corrected chi connectivity index (χ3v) is 3.87. The third kappa shape index (κ3) is 1.67. The van der Waals surface area contributed by atoms with Gasteiger partial charge in [-0.2, -0.15) is 0 Å². The van der Waals surface area contributed by atoms with Gasteiger partial charge in [-0.25, -0.2) is 0 Å². The fourth-order valence-electron chi connectivity index (χ4n) is 2.72. The molecule has 0 atom stereocenters. The highest BCUT2D eigenvalue weighted by Gasteiger charge is 2.33. The Hall–Kier alpha value is -1.57. The standard InChI is InChI=1S/C16H19NO/c1-9(2)12-5-4-6-13-14(10(3)17-15(12)13)16(18)11-7-8-11/h4-6,9,11,17H,7-8H2,1-3H3. The van der Waals surface area contributed by atoms with E-state index in [1.54, 1.807) is 0 Å². The molecular formula is C16H19NO. The Morgan fingerprint density at radius 3 is 2.67 bits per heavy atom. The predicted molar refractivity (Wildman–Crippen MR) is 74.2 cm³/mol. The van der Waals surface area contributed by atoms with Gasteiger partial charge < -0.3 is 4.98 Å². The van der Waals surface area contributed by atoms with Gasteiger partial charge in [0.05, 0.1) is 0 Å². The molecule has 18 heavy (non-hydrogen) atoms. The highest BCUT2D eigenvalue weighted by Crippen LogP contribution is 2.37. The van der Waals surface area contributed by atoms with Crippen LogP contribution in [0.2, 0.25) is 0 Å². The van der Waals surface area contributed by atoms with E-state index in [9.17, 15) is 4.79 Å². The zero-order valence-electron chi connectivity index (χ0n) is 11.2. The number of aromatic amines is 1. The van der Waals surface area contributed by atoms with Crippen molar-refractivity contribution in [3.8, 4) is 0 Å². The van der Waals surface area contributed by atoms with Crippen molar-refractivity contribution in [1.82, 2.24) is 4.98 Å². The Balaban J connectivity index is 2.23. The highest BCUT2D eigenvalue weighted by molar-refractivity contribution is 6.11. The zero-order valence-corrected chi connectivity index (χ0v) is 11.2. The van der Waals surface area contributed by atoms with E-state index in [1.807, 2.05) is 6.92 Å². The van der Waals surface area contributed by atoms with Crippen LogP contribution < -0.4 is 0 Å². The minimum atomic E-state index is 0.283. The zero-order chi connectivity index (χ0) is 12.9. The summed E-state index contributed by atoms with van der Waals surface area (Å²) >= 11 is 0. The molecule has 0 amide bonds. The number of fused-ring (bicyclic) bond motifs is 1. The Labute approximate surface area is 107 Å². The highest BCUT2D eigenvalue weighted by atomic mass is 16.1. The molecule has 0 spiro atoms. The SMILES string of the molecule is Cc1[nH]c2c(C(C)C)cccc2c1C(=O)C1CC1. The van der Waals surface area contributed by atoms with Crippen LogP contribution in [0.25, 0.3) is 10.9 Å².